The van der Waals surface area contributed by atoms with Gasteiger partial charge in [0.1, 0.15) is 29.5 Å². The van der Waals surface area contributed by atoms with Crippen molar-refractivity contribution in [1.29, 1.82) is 0 Å². The van der Waals surface area contributed by atoms with Crippen molar-refractivity contribution in [1.82, 2.24) is 4.90 Å². The third kappa shape index (κ3) is 4.48. The zero-order valence-corrected chi connectivity index (χ0v) is 13.8. The van der Waals surface area contributed by atoms with Gasteiger partial charge in [0, 0.05) is 19.6 Å². The number of rotatable bonds is 5. The van der Waals surface area contributed by atoms with Gasteiger partial charge in [-0.3, -0.25) is 4.90 Å². The van der Waals surface area contributed by atoms with Crippen molar-refractivity contribution in [2.75, 3.05) is 19.7 Å². The van der Waals surface area contributed by atoms with Gasteiger partial charge in [0.25, 0.3) is 0 Å². The van der Waals surface area contributed by atoms with Gasteiger partial charge in [0.2, 0.25) is 0 Å². The molecule has 1 heterocycles. The van der Waals surface area contributed by atoms with Crippen molar-refractivity contribution >= 4 is 0 Å². The fourth-order valence-corrected chi connectivity index (χ4v) is 3.02. The molecular weight excluding hydrogens is 325 g/mol. The fourth-order valence-electron chi connectivity index (χ4n) is 3.02. The van der Waals surface area contributed by atoms with Gasteiger partial charge in [-0.2, -0.15) is 0 Å². The van der Waals surface area contributed by atoms with Crippen LogP contribution < -0.4 is 4.74 Å². The van der Waals surface area contributed by atoms with Crippen molar-refractivity contribution in [2.45, 2.75) is 24.7 Å². The molecule has 0 amide bonds. The molecule has 25 heavy (non-hydrogen) atoms. The molecule has 1 aliphatic rings. The van der Waals surface area contributed by atoms with Crippen molar-refractivity contribution in [2.24, 2.45) is 0 Å². The molecule has 1 saturated heterocycles. The molecule has 2 aromatic rings. The van der Waals surface area contributed by atoms with Gasteiger partial charge < -0.3 is 20.1 Å². The number of hydrogen-bond acceptors (Lipinski definition) is 5. The van der Waals surface area contributed by atoms with E-state index in [2.05, 4.69) is 0 Å². The van der Waals surface area contributed by atoms with Crippen molar-refractivity contribution in [3.05, 3.63) is 59.9 Å². The third-order valence-electron chi connectivity index (χ3n) is 4.48. The molecule has 3 N–H and O–H groups in total. The van der Waals surface area contributed by atoms with Crippen LogP contribution in [-0.2, 0) is 6.54 Å². The predicted octanol–water partition coefficient (Wildman–Crippen LogP) is 1.91. The molecule has 6 heteroatoms. The minimum atomic E-state index is -1.40. The Hall–Kier alpha value is -2.15. The number of aliphatic hydroxyl groups is 2. The maximum absolute atomic E-state index is 12.9. The van der Waals surface area contributed by atoms with Crippen LogP contribution >= 0.6 is 0 Å². The number of aromatic hydroxyl groups is 1. The first kappa shape index (κ1) is 17.7. The van der Waals surface area contributed by atoms with Gasteiger partial charge in [-0.15, -0.1) is 0 Å². The number of aliphatic hydroxyl groups excluding tert-OH is 1. The second kappa shape index (κ2) is 7.39. The van der Waals surface area contributed by atoms with Crippen LogP contribution in [0.3, 0.4) is 0 Å². The number of benzene rings is 2. The summed E-state index contributed by atoms with van der Waals surface area (Å²) in [6.45, 7) is 1.44. The molecule has 3 rings (SSSR count). The summed E-state index contributed by atoms with van der Waals surface area (Å²) in [5.74, 6) is 0.295. The average molecular weight is 347 g/mol. The lowest BCUT2D eigenvalue weighted by molar-refractivity contribution is -0.140. The predicted molar refractivity (Wildman–Crippen MR) is 90.9 cm³/mol. The van der Waals surface area contributed by atoms with Gasteiger partial charge in [0.15, 0.2) is 0 Å². The number of phenolic OH excluding ortho intramolecular Hbond substituents is 1. The Kier molecular flexibility index (Phi) is 5.22. The summed E-state index contributed by atoms with van der Waals surface area (Å²) in [6, 6.07) is 12.4. The van der Waals surface area contributed by atoms with E-state index in [-0.39, 0.29) is 24.7 Å². The van der Waals surface area contributed by atoms with E-state index in [9.17, 15) is 19.7 Å². The number of piperidine rings is 1. The topological polar surface area (TPSA) is 73.2 Å². The second-order valence-electron chi connectivity index (χ2n) is 6.53. The summed E-state index contributed by atoms with van der Waals surface area (Å²) in [6.07, 6.45) is -0.453. The SMILES string of the molecule is Oc1ccc(CN2CC[C@H](O)[C@@](O)(COc3ccc(F)cc3)C2)cc1. The Balaban J connectivity index is 1.62. The molecule has 1 fully saturated rings. The summed E-state index contributed by atoms with van der Waals surface area (Å²) in [5, 5.41) is 30.4. The van der Waals surface area contributed by atoms with Crippen LogP contribution in [0.1, 0.15) is 12.0 Å². The maximum atomic E-state index is 12.9. The number of β-amino-alcohol motifs (C(OH)–C–C–N with tert-alkyl or cyclic N) is 1. The number of nitrogens with zero attached hydrogens (tertiary/aromatic N) is 1. The second-order valence-corrected chi connectivity index (χ2v) is 6.53. The van der Waals surface area contributed by atoms with Gasteiger partial charge in [-0.05, 0) is 48.4 Å². The van der Waals surface area contributed by atoms with Crippen LogP contribution in [0.15, 0.2) is 48.5 Å². The molecule has 0 saturated carbocycles. The van der Waals surface area contributed by atoms with E-state index in [1.165, 1.54) is 24.3 Å². The molecule has 0 aliphatic carbocycles. The van der Waals surface area contributed by atoms with Crippen LogP contribution in [0.2, 0.25) is 0 Å². The highest BCUT2D eigenvalue weighted by Gasteiger charge is 2.41. The Morgan fingerprint density at radius 3 is 2.48 bits per heavy atom. The molecule has 0 unspecified atom stereocenters. The molecule has 2 aromatic carbocycles. The van der Waals surface area contributed by atoms with Gasteiger partial charge in [-0.25, -0.2) is 4.39 Å². The smallest absolute Gasteiger partial charge is 0.137 e. The van der Waals surface area contributed by atoms with Crippen molar-refractivity contribution in [3.8, 4) is 11.5 Å². The first-order valence-electron chi connectivity index (χ1n) is 8.24. The number of phenols is 1. The molecule has 0 spiro atoms. The third-order valence-corrected chi connectivity index (χ3v) is 4.48. The lowest BCUT2D eigenvalue weighted by Gasteiger charge is -2.42. The van der Waals surface area contributed by atoms with Crippen LogP contribution in [0.5, 0.6) is 11.5 Å². The molecular formula is C19H22FNO4. The Morgan fingerprint density at radius 1 is 1.12 bits per heavy atom. The Morgan fingerprint density at radius 2 is 1.80 bits per heavy atom. The van der Waals surface area contributed by atoms with E-state index in [1.54, 1.807) is 12.1 Å². The monoisotopic (exact) mass is 347 g/mol. The van der Waals surface area contributed by atoms with E-state index in [0.29, 0.717) is 25.3 Å². The highest BCUT2D eigenvalue weighted by atomic mass is 19.1. The van der Waals surface area contributed by atoms with Crippen LogP contribution in [0.25, 0.3) is 0 Å². The Bertz CT molecular complexity index is 692. The lowest BCUT2D eigenvalue weighted by atomic mass is 9.90. The van der Waals surface area contributed by atoms with E-state index in [0.717, 1.165) is 5.56 Å². The first-order valence-corrected chi connectivity index (χ1v) is 8.24. The van der Waals surface area contributed by atoms with E-state index >= 15 is 0 Å². The number of ether oxygens (including phenoxy) is 1. The zero-order chi connectivity index (χ0) is 17.9. The molecule has 5 nitrogen and oxygen atoms in total. The molecule has 0 aromatic heterocycles. The highest BCUT2D eigenvalue weighted by molar-refractivity contribution is 5.26. The standard InChI is InChI=1S/C19H22FNO4/c20-15-3-7-17(8-4-15)25-13-19(24)12-21(10-9-18(19)23)11-14-1-5-16(22)6-2-14/h1-8,18,22-24H,9-13H2/t18-,19-/m0/s1. The normalized spacial score (nSPS) is 24.2. The van der Waals surface area contributed by atoms with E-state index < -0.39 is 11.7 Å². The molecule has 134 valence electrons. The van der Waals surface area contributed by atoms with E-state index in [4.69, 9.17) is 4.74 Å². The summed E-state index contributed by atoms with van der Waals surface area (Å²) < 4.78 is 18.5. The summed E-state index contributed by atoms with van der Waals surface area (Å²) in [4.78, 5) is 2.03. The first-order chi connectivity index (χ1) is 11.9. The van der Waals surface area contributed by atoms with Gasteiger partial charge >= 0.3 is 0 Å². The molecule has 0 radical (unpaired) electrons. The fraction of sp³-hybridized carbons (Fsp3) is 0.368. The number of likely N-dealkylation sites (tertiary alicyclic amines) is 1. The number of hydrogen-bond donors (Lipinski definition) is 3. The zero-order valence-electron chi connectivity index (χ0n) is 13.8. The lowest BCUT2D eigenvalue weighted by Crippen LogP contribution is -2.59. The minimum Gasteiger partial charge on any atom is -0.508 e. The van der Waals surface area contributed by atoms with Gasteiger partial charge in [0.05, 0.1) is 6.10 Å². The summed E-state index contributed by atoms with van der Waals surface area (Å²) >= 11 is 0. The van der Waals surface area contributed by atoms with Crippen molar-refractivity contribution in [3.63, 3.8) is 0 Å². The summed E-state index contributed by atoms with van der Waals surface area (Å²) in [5.41, 5.74) is -0.389. The largest absolute Gasteiger partial charge is 0.508 e. The maximum Gasteiger partial charge on any atom is 0.137 e. The minimum absolute atomic E-state index is 0.0775. The van der Waals surface area contributed by atoms with Crippen molar-refractivity contribution < 1.29 is 24.4 Å². The van der Waals surface area contributed by atoms with E-state index in [1.807, 2.05) is 17.0 Å². The number of halogens is 1. The molecule has 2 atom stereocenters. The van der Waals surface area contributed by atoms with Crippen LogP contribution in [0, 0.1) is 5.82 Å². The van der Waals surface area contributed by atoms with Crippen LogP contribution in [-0.4, -0.2) is 51.6 Å². The van der Waals surface area contributed by atoms with Crippen LogP contribution in [0.4, 0.5) is 4.39 Å². The Labute approximate surface area is 145 Å². The summed E-state index contributed by atoms with van der Waals surface area (Å²) in [7, 11) is 0. The molecule has 0 bridgehead atoms. The quantitative estimate of drug-likeness (QED) is 0.771. The highest BCUT2D eigenvalue weighted by Crippen LogP contribution is 2.25. The molecule has 1 aliphatic heterocycles. The average Bonchev–Trinajstić information content (AvgIpc) is 2.60. The van der Waals surface area contributed by atoms with Gasteiger partial charge in [-0.1, -0.05) is 12.1 Å².